The smallest absolute Gasteiger partial charge is 0.170 e. The van der Waals surface area contributed by atoms with Crippen molar-refractivity contribution in [3.63, 3.8) is 0 Å². The molecule has 3 fully saturated rings. The summed E-state index contributed by atoms with van der Waals surface area (Å²) in [6, 6.07) is 0.166. The number of aliphatic hydroxyl groups is 1. The molecule has 0 aromatic heterocycles. The molecule has 0 saturated carbocycles. The molecule has 3 aliphatic rings. The van der Waals surface area contributed by atoms with E-state index in [1.807, 2.05) is 0 Å². The summed E-state index contributed by atoms with van der Waals surface area (Å²) in [6.07, 6.45) is 1.46. The summed E-state index contributed by atoms with van der Waals surface area (Å²) >= 11 is 0. The van der Waals surface area contributed by atoms with Crippen molar-refractivity contribution in [1.82, 2.24) is 4.90 Å². The zero-order valence-electron chi connectivity index (χ0n) is 9.43. The van der Waals surface area contributed by atoms with Crippen LogP contribution in [0.2, 0.25) is 0 Å². The molecule has 5 heteroatoms. The van der Waals surface area contributed by atoms with Crippen LogP contribution in [0.1, 0.15) is 12.8 Å². The van der Waals surface area contributed by atoms with Gasteiger partial charge in [0.2, 0.25) is 0 Å². The van der Waals surface area contributed by atoms with E-state index in [2.05, 4.69) is 4.90 Å². The molecule has 16 heavy (non-hydrogen) atoms. The van der Waals surface area contributed by atoms with Crippen molar-refractivity contribution in [2.24, 2.45) is 0 Å². The molecule has 0 amide bonds. The van der Waals surface area contributed by atoms with Gasteiger partial charge < -0.3 is 19.3 Å². The molecule has 3 rings (SSSR count). The van der Waals surface area contributed by atoms with E-state index in [9.17, 15) is 5.11 Å². The first-order chi connectivity index (χ1) is 7.79. The Morgan fingerprint density at radius 1 is 1.06 bits per heavy atom. The fourth-order valence-corrected chi connectivity index (χ4v) is 2.86. The Bertz CT molecular complexity index is 244. The van der Waals surface area contributed by atoms with Crippen LogP contribution in [0.15, 0.2) is 0 Å². The van der Waals surface area contributed by atoms with Crippen LogP contribution >= 0.6 is 0 Å². The van der Waals surface area contributed by atoms with Gasteiger partial charge in [0, 0.05) is 25.9 Å². The summed E-state index contributed by atoms with van der Waals surface area (Å²) in [4.78, 5) is 2.30. The fourth-order valence-electron chi connectivity index (χ4n) is 2.86. The Hall–Kier alpha value is -0.200. The van der Waals surface area contributed by atoms with Crippen LogP contribution in [0.4, 0.5) is 0 Å². The van der Waals surface area contributed by atoms with Gasteiger partial charge in [0.25, 0.3) is 0 Å². The van der Waals surface area contributed by atoms with Gasteiger partial charge in [-0.3, -0.25) is 4.90 Å². The van der Waals surface area contributed by atoms with Gasteiger partial charge in [-0.2, -0.15) is 0 Å². The van der Waals surface area contributed by atoms with Crippen molar-refractivity contribution in [3.8, 4) is 0 Å². The standard InChI is InChI=1S/C11H19NO4/c13-10-8-14-7-9(10)12-3-1-11(2-4-12)15-5-6-16-11/h9-10,13H,1-8H2/t9-,10-/m1/s1. The Morgan fingerprint density at radius 3 is 2.31 bits per heavy atom. The van der Waals surface area contributed by atoms with Crippen LogP contribution in [0.25, 0.3) is 0 Å². The van der Waals surface area contributed by atoms with Gasteiger partial charge in [-0.25, -0.2) is 0 Å². The number of hydrogen-bond acceptors (Lipinski definition) is 5. The highest BCUT2D eigenvalue weighted by atomic mass is 16.7. The number of hydrogen-bond donors (Lipinski definition) is 1. The van der Waals surface area contributed by atoms with Gasteiger partial charge in [-0.05, 0) is 0 Å². The van der Waals surface area contributed by atoms with E-state index < -0.39 is 0 Å². The lowest BCUT2D eigenvalue weighted by atomic mass is 10.0. The molecule has 0 aromatic rings. The number of ether oxygens (including phenoxy) is 3. The summed E-state index contributed by atoms with van der Waals surface area (Å²) < 4.78 is 16.6. The molecule has 0 bridgehead atoms. The van der Waals surface area contributed by atoms with Gasteiger partial charge in [0.15, 0.2) is 5.79 Å². The lowest BCUT2D eigenvalue weighted by molar-refractivity contribution is -0.189. The molecule has 2 atom stereocenters. The van der Waals surface area contributed by atoms with E-state index in [1.165, 1.54) is 0 Å². The van der Waals surface area contributed by atoms with E-state index in [1.54, 1.807) is 0 Å². The van der Waals surface area contributed by atoms with Crippen LogP contribution in [0.3, 0.4) is 0 Å². The molecular weight excluding hydrogens is 210 g/mol. The number of rotatable bonds is 1. The Morgan fingerprint density at radius 2 is 1.75 bits per heavy atom. The number of piperidine rings is 1. The van der Waals surface area contributed by atoms with Crippen molar-refractivity contribution in [1.29, 1.82) is 0 Å². The van der Waals surface area contributed by atoms with Gasteiger partial charge in [0.05, 0.1) is 38.6 Å². The first-order valence-corrected chi connectivity index (χ1v) is 6.07. The van der Waals surface area contributed by atoms with Gasteiger partial charge in [-0.15, -0.1) is 0 Å². The number of likely N-dealkylation sites (tertiary alicyclic amines) is 1. The highest BCUT2D eigenvalue weighted by molar-refractivity contribution is 4.90. The highest BCUT2D eigenvalue weighted by Crippen LogP contribution is 2.32. The van der Waals surface area contributed by atoms with E-state index >= 15 is 0 Å². The average Bonchev–Trinajstić information content (AvgIpc) is 2.90. The molecule has 5 nitrogen and oxygen atoms in total. The lowest BCUT2D eigenvalue weighted by Crippen LogP contribution is -2.52. The summed E-state index contributed by atoms with van der Waals surface area (Å²) in [5.41, 5.74) is 0. The van der Waals surface area contributed by atoms with Crippen molar-refractivity contribution < 1.29 is 19.3 Å². The van der Waals surface area contributed by atoms with Crippen LogP contribution in [-0.4, -0.2) is 67.5 Å². The second-order valence-electron chi connectivity index (χ2n) is 4.82. The maximum absolute atomic E-state index is 9.77. The largest absolute Gasteiger partial charge is 0.389 e. The third-order valence-corrected chi connectivity index (χ3v) is 3.86. The SMILES string of the molecule is O[C@@H]1COC[C@H]1N1CCC2(CC1)OCCO2. The van der Waals surface area contributed by atoms with Crippen molar-refractivity contribution in [2.45, 2.75) is 30.8 Å². The van der Waals surface area contributed by atoms with Crippen LogP contribution in [0, 0.1) is 0 Å². The Labute approximate surface area is 95.3 Å². The first kappa shape index (κ1) is 10.9. The lowest BCUT2D eigenvalue weighted by Gasteiger charge is -2.40. The molecule has 0 aromatic carbocycles. The average molecular weight is 229 g/mol. The highest BCUT2D eigenvalue weighted by Gasteiger charge is 2.43. The quantitative estimate of drug-likeness (QED) is 0.662. The topological polar surface area (TPSA) is 51.2 Å². The molecular formula is C11H19NO4. The van der Waals surface area contributed by atoms with Crippen molar-refractivity contribution >= 4 is 0 Å². The third kappa shape index (κ3) is 1.87. The van der Waals surface area contributed by atoms with Gasteiger partial charge in [0.1, 0.15) is 0 Å². The molecule has 3 saturated heterocycles. The maximum Gasteiger partial charge on any atom is 0.170 e. The molecule has 92 valence electrons. The van der Waals surface area contributed by atoms with Crippen molar-refractivity contribution in [3.05, 3.63) is 0 Å². The minimum Gasteiger partial charge on any atom is -0.389 e. The van der Waals surface area contributed by atoms with E-state index in [0.717, 1.165) is 39.1 Å². The summed E-state index contributed by atoms with van der Waals surface area (Å²) in [6.45, 7) is 4.40. The van der Waals surface area contributed by atoms with Crippen LogP contribution < -0.4 is 0 Å². The molecule has 0 aliphatic carbocycles. The van der Waals surface area contributed by atoms with E-state index in [4.69, 9.17) is 14.2 Å². The molecule has 0 unspecified atom stereocenters. The fraction of sp³-hybridized carbons (Fsp3) is 1.00. The minimum atomic E-state index is -0.334. The Balaban J connectivity index is 1.57. The van der Waals surface area contributed by atoms with Crippen LogP contribution in [-0.2, 0) is 14.2 Å². The zero-order valence-corrected chi connectivity index (χ0v) is 9.43. The minimum absolute atomic E-state index is 0.166. The van der Waals surface area contributed by atoms with E-state index in [0.29, 0.717) is 13.2 Å². The normalized spacial score (nSPS) is 39.6. The second kappa shape index (κ2) is 4.23. The second-order valence-corrected chi connectivity index (χ2v) is 4.82. The third-order valence-electron chi connectivity index (χ3n) is 3.86. The first-order valence-electron chi connectivity index (χ1n) is 6.07. The zero-order chi connectivity index (χ0) is 11.0. The summed E-state index contributed by atoms with van der Waals surface area (Å²) in [5.74, 6) is -0.319. The van der Waals surface area contributed by atoms with Gasteiger partial charge >= 0.3 is 0 Å². The van der Waals surface area contributed by atoms with Crippen LogP contribution in [0.5, 0.6) is 0 Å². The molecule has 3 aliphatic heterocycles. The number of nitrogens with zero attached hydrogens (tertiary/aromatic N) is 1. The molecule has 3 heterocycles. The van der Waals surface area contributed by atoms with Crippen molar-refractivity contribution in [2.75, 3.05) is 39.5 Å². The van der Waals surface area contributed by atoms with E-state index in [-0.39, 0.29) is 17.9 Å². The predicted octanol–water partition coefficient (Wildman–Crippen LogP) is -0.415. The number of aliphatic hydroxyl groups excluding tert-OH is 1. The molecule has 0 radical (unpaired) electrons. The Kier molecular flexibility index (Phi) is 2.89. The summed E-state index contributed by atoms with van der Waals surface area (Å²) in [7, 11) is 0. The predicted molar refractivity (Wildman–Crippen MR) is 56.1 cm³/mol. The monoisotopic (exact) mass is 229 g/mol. The molecule has 1 spiro atoms. The maximum atomic E-state index is 9.77. The van der Waals surface area contributed by atoms with Gasteiger partial charge in [-0.1, -0.05) is 0 Å². The summed E-state index contributed by atoms with van der Waals surface area (Å²) in [5, 5.41) is 9.77. The molecule has 1 N–H and O–H groups in total.